The van der Waals surface area contributed by atoms with Crippen LogP contribution in [0.25, 0.3) is 0 Å². The van der Waals surface area contributed by atoms with Crippen LogP contribution in [-0.4, -0.2) is 17.1 Å². The minimum absolute atomic E-state index is 0.0718. The van der Waals surface area contributed by atoms with Gasteiger partial charge in [0.05, 0.1) is 0 Å². The van der Waals surface area contributed by atoms with E-state index in [0.29, 0.717) is 0 Å². The van der Waals surface area contributed by atoms with Crippen LogP contribution in [0.4, 0.5) is 0 Å². The highest BCUT2D eigenvalue weighted by molar-refractivity contribution is 5.73. The van der Waals surface area contributed by atoms with Gasteiger partial charge in [-0.25, -0.2) is 0 Å². The Bertz CT molecular complexity index is 115. The second-order valence-electron chi connectivity index (χ2n) is 2.96. The Labute approximate surface area is 75.0 Å². The zero-order valence-corrected chi connectivity index (χ0v) is 8.50. The van der Waals surface area contributed by atoms with Crippen LogP contribution in [0.1, 0.15) is 40.5 Å². The van der Waals surface area contributed by atoms with Gasteiger partial charge in [-0.3, -0.25) is 4.79 Å². The van der Waals surface area contributed by atoms with Crippen molar-refractivity contribution < 1.29 is 9.90 Å². The van der Waals surface area contributed by atoms with E-state index in [1.165, 1.54) is 6.42 Å². The van der Waals surface area contributed by atoms with Gasteiger partial charge in [-0.15, -0.1) is 0 Å². The minimum Gasteiger partial charge on any atom is -0.480 e. The average molecular weight is 175 g/mol. The molecule has 0 aromatic carbocycles. The molecule has 0 aliphatic heterocycles. The van der Waals surface area contributed by atoms with E-state index in [0.717, 1.165) is 6.42 Å². The maximum Gasteiger partial charge on any atom is 0.320 e. The molecule has 2 unspecified atom stereocenters. The molecule has 74 valence electrons. The summed E-state index contributed by atoms with van der Waals surface area (Å²) in [5.41, 5.74) is 5.27. The molecular weight excluding hydrogens is 154 g/mol. The van der Waals surface area contributed by atoms with Gasteiger partial charge in [0.1, 0.15) is 6.04 Å². The number of carboxylic acid groups (broad SMARTS) is 1. The minimum atomic E-state index is -0.913. The summed E-state index contributed by atoms with van der Waals surface area (Å²) >= 11 is 0. The van der Waals surface area contributed by atoms with Gasteiger partial charge in [0, 0.05) is 0 Å². The first-order valence-corrected chi connectivity index (χ1v) is 4.49. The number of nitrogens with two attached hydrogens (primary N) is 1. The van der Waals surface area contributed by atoms with Crippen molar-refractivity contribution in [3.8, 4) is 0 Å². The summed E-state index contributed by atoms with van der Waals surface area (Å²) in [5, 5.41) is 8.36. The zero-order valence-electron chi connectivity index (χ0n) is 8.50. The third-order valence-corrected chi connectivity index (χ3v) is 1.54. The molecule has 3 heteroatoms. The van der Waals surface area contributed by atoms with Crippen LogP contribution in [0.3, 0.4) is 0 Å². The summed E-state index contributed by atoms with van der Waals surface area (Å²) in [6, 6.07) is -0.699. The molecule has 0 aromatic rings. The molecule has 2 atom stereocenters. The molecule has 12 heavy (non-hydrogen) atoms. The van der Waals surface area contributed by atoms with E-state index < -0.39 is 12.0 Å². The monoisotopic (exact) mass is 175 g/mol. The lowest BCUT2D eigenvalue weighted by Gasteiger charge is -2.11. The molecule has 3 nitrogen and oxygen atoms in total. The fraction of sp³-hybridized carbons (Fsp3) is 0.889. The molecule has 0 aliphatic rings. The molecule has 0 saturated carbocycles. The van der Waals surface area contributed by atoms with Crippen LogP contribution in [-0.2, 0) is 4.79 Å². The molecule has 0 bridgehead atoms. The first kappa shape index (κ1) is 14.0. The number of hydrogen-bond acceptors (Lipinski definition) is 2. The summed E-state index contributed by atoms with van der Waals surface area (Å²) in [4.78, 5) is 10.2. The highest BCUT2D eigenvalue weighted by atomic mass is 16.4. The van der Waals surface area contributed by atoms with E-state index in [-0.39, 0.29) is 5.92 Å². The molecule has 0 saturated heterocycles. The Morgan fingerprint density at radius 1 is 1.42 bits per heavy atom. The summed E-state index contributed by atoms with van der Waals surface area (Å²) in [6.07, 6.45) is 2.06. The molecule has 3 N–H and O–H groups in total. The van der Waals surface area contributed by atoms with Gasteiger partial charge in [-0.1, -0.05) is 40.5 Å². The molecule has 0 fully saturated rings. The van der Waals surface area contributed by atoms with Gasteiger partial charge in [0.15, 0.2) is 0 Å². The number of hydrogen-bond donors (Lipinski definition) is 2. The Hall–Kier alpha value is -0.570. The number of aliphatic carboxylic acids is 1. The number of carboxylic acids is 1. The standard InChI is InChI=1S/C6H13NO2.C3H8/c1-3-4(2)5(7)6(8)9;1-3-2/h4-5H,3,7H2,1-2H3,(H,8,9);3H2,1-2H3. The topological polar surface area (TPSA) is 63.3 Å². The second kappa shape index (κ2) is 8.53. The lowest BCUT2D eigenvalue weighted by Crippen LogP contribution is -2.36. The maximum absolute atomic E-state index is 10.2. The van der Waals surface area contributed by atoms with E-state index in [1.807, 2.05) is 13.8 Å². The van der Waals surface area contributed by atoms with Crippen molar-refractivity contribution in [2.45, 2.75) is 46.6 Å². The van der Waals surface area contributed by atoms with Crippen LogP contribution < -0.4 is 5.73 Å². The van der Waals surface area contributed by atoms with Crippen molar-refractivity contribution in [2.75, 3.05) is 0 Å². The van der Waals surface area contributed by atoms with E-state index in [9.17, 15) is 4.79 Å². The third kappa shape index (κ3) is 7.54. The van der Waals surface area contributed by atoms with Crippen LogP contribution in [0.15, 0.2) is 0 Å². The predicted molar refractivity (Wildman–Crippen MR) is 51.0 cm³/mol. The molecule has 0 heterocycles. The van der Waals surface area contributed by atoms with E-state index in [2.05, 4.69) is 13.8 Å². The highest BCUT2D eigenvalue weighted by Crippen LogP contribution is 2.04. The van der Waals surface area contributed by atoms with Crippen molar-refractivity contribution in [1.29, 1.82) is 0 Å². The summed E-state index contributed by atoms with van der Waals surface area (Å²) in [5.74, 6) is -0.841. The molecule has 0 amide bonds. The van der Waals surface area contributed by atoms with E-state index in [4.69, 9.17) is 10.8 Å². The number of rotatable bonds is 3. The molecular formula is C9H21NO2. The lowest BCUT2D eigenvalue weighted by molar-refractivity contribution is -0.139. The van der Waals surface area contributed by atoms with Crippen molar-refractivity contribution in [3.63, 3.8) is 0 Å². The summed E-state index contributed by atoms with van der Waals surface area (Å²) in [7, 11) is 0. The quantitative estimate of drug-likeness (QED) is 0.688. The summed E-state index contributed by atoms with van der Waals surface area (Å²) < 4.78 is 0. The predicted octanol–water partition coefficient (Wildman–Crippen LogP) is 1.86. The highest BCUT2D eigenvalue weighted by Gasteiger charge is 2.17. The van der Waals surface area contributed by atoms with Crippen LogP contribution in [0.2, 0.25) is 0 Å². The van der Waals surface area contributed by atoms with Gasteiger partial charge in [-0.2, -0.15) is 0 Å². The zero-order chi connectivity index (χ0) is 10.1. The third-order valence-electron chi connectivity index (χ3n) is 1.54. The van der Waals surface area contributed by atoms with Crippen molar-refractivity contribution in [3.05, 3.63) is 0 Å². The van der Waals surface area contributed by atoms with E-state index in [1.54, 1.807) is 0 Å². The smallest absolute Gasteiger partial charge is 0.320 e. The van der Waals surface area contributed by atoms with Gasteiger partial charge >= 0.3 is 5.97 Å². The fourth-order valence-corrected chi connectivity index (χ4v) is 0.497. The van der Waals surface area contributed by atoms with Crippen molar-refractivity contribution in [1.82, 2.24) is 0 Å². The largest absolute Gasteiger partial charge is 0.480 e. The Morgan fingerprint density at radius 3 is 1.83 bits per heavy atom. The number of carbonyl (C=O) groups is 1. The molecule has 0 aromatic heterocycles. The van der Waals surface area contributed by atoms with Crippen LogP contribution >= 0.6 is 0 Å². The van der Waals surface area contributed by atoms with Crippen LogP contribution in [0, 0.1) is 5.92 Å². The lowest BCUT2D eigenvalue weighted by atomic mass is 10.0. The second-order valence-corrected chi connectivity index (χ2v) is 2.96. The molecule has 0 radical (unpaired) electrons. The summed E-state index contributed by atoms with van der Waals surface area (Å²) in [6.45, 7) is 8.01. The van der Waals surface area contributed by atoms with Gasteiger partial charge in [-0.05, 0) is 5.92 Å². The first-order valence-electron chi connectivity index (χ1n) is 4.49. The van der Waals surface area contributed by atoms with Gasteiger partial charge < -0.3 is 10.8 Å². The molecule has 0 spiro atoms. The van der Waals surface area contributed by atoms with Crippen LogP contribution in [0.5, 0.6) is 0 Å². The van der Waals surface area contributed by atoms with E-state index >= 15 is 0 Å². The SMILES string of the molecule is CCC.CCC(C)C(N)C(=O)O. The molecule has 0 rings (SSSR count). The first-order chi connectivity index (χ1) is 5.51. The Balaban J connectivity index is 0. The fourth-order valence-electron chi connectivity index (χ4n) is 0.497. The average Bonchev–Trinajstić information content (AvgIpc) is 2.03. The normalized spacial score (nSPS) is 14.1. The Kier molecular flexibility index (Phi) is 9.93. The molecule has 0 aliphatic carbocycles. The Morgan fingerprint density at radius 2 is 1.75 bits per heavy atom. The van der Waals surface area contributed by atoms with Crippen molar-refractivity contribution in [2.24, 2.45) is 11.7 Å². The van der Waals surface area contributed by atoms with Crippen molar-refractivity contribution >= 4 is 5.97 Å². The maximum atomic E-state index is 10.2. The van der Waals surface area contributed by atoms with Gasteiger partial charge in [0.25, 0.3) is 0 Å². The van der Waals surface area contributed by atoms with Gasteiger partial charge in [0.2, 0.25) is 0 Å².